The maximum Gasteiger partial charge on any atom is 0.320 e. The lowest BCUT2D eigenvalue weighted by atomic mass is 9.82. The van der Waals surface area contributed by atoms with Crippen molar-refractivity contribution in [3.63, 3.8) is 0 Å². The van der Waals surface area contributed by atoms with Crippen LogP contribution in [0.2, 0.25) is 0 Å². The van der Waals surface area contributed by atoms with Crippen LogP contribution >= 0.6 is 0 Å². The molecule has 1 aliphatic rings. The third-order valence-electron chi connectivity index (χ3n) is 4.44. The Morgan fingerprint density at radius 3 is 2.72 bits per heavy atom. The topological polar surface area (TPSA) is 66.9 Å². The summed E-state index contributed by atoms with van der Waals surface area (Å²) in [7, 11) is 0. The van der Waals surface area contributed by atoms with E-state index in [0.717, 1.165) is 36.9 Å². The highest BCUT2D eigenvalue weighted by atomic mass is 16.2. The number of hydrogen-bond donors (Lipinski definition) is 2. The first-order valence-electron chi connectivity index (χ1n) is 8.61. The molecule has 3 rings (SSSR count). The number of nitrogens with zero attached hydrogens (tertiary/aromatic N) is 2. The lowest BCUT2D eigenvalue weighted by Gasteiger charge is -2.33. The van der Waals surface area contributed by atoms with Gasteiger partial charge in [-0.15, -0.1) is 0 Å². The van der Waals surface area contributed by atoms with E-state index in [1.807, 2.05) is 31.2 Å². The lowest BCUT2D eigenvalue weighted by molar-refractivity contribution is 0.234. The molecule has 0 saturated heterocycles. The van der Waals surface area contributed by atoms with Gasteiger partial charge >= 0.3 is 6.03 Å². The van der Waals surface area contributed by atoms with Gasteiger partial charge in [-0.25, -0.2) is 9.78 Å². The van der Waals surface area contributed by atoms with Gasteiger partial charge in [0, 0.05) is 12.4 Å². The molecule has 2 heterocycles. The molecule has 0 bridgehead atoms. The van der Waals surface area contributed by atoms with Gasteiger partial charge in [0.15, 0.2) is 0 Å². The fourth-order valence-electron chi connectivity index (χ4n) is 3.02. The largest absolute Gasteiger partial charge is 0.322 e. The minimum Gasteiger partial charge on any atom is -0.322 e. The number of amides is 2. The van der Waals surface area contributed by atoms with E-state index >= 15 is 0 Å². The summed E-state index contributed by atoms with van der Waals surface area (Å²) >= 11 is 0. The van der Waals surface area contributed by atoms with Crippen molar-refractivity contribution < 1.29 is 4.79 Å². The van der Waals surface area contributed by atoms with E-state index in [2.05, 4.69) is 32.4 Å². The SMILES string of the molecule is Cc1ccncc1NC(=O)NC1(C#Cc2ccccn2)CCCCC1. The molecular formula is C20H22N4O. The van der Waals surface area contributed by atoms with Crippen molar-refractivity contribution in [3.8, 4) is 11.8 Å². The Hall–Kier alpha value is -2.87. The zero-order chi connectivity index (χ0) is 17.5. The number of hydrogen-bond acceptors (Lipinski definition) is 3. The van der Waals surface area contributed by atoms with Crippen molar-refractivity contribution in [3.05, 3.63) is 54.1 Å². The van der Waals surface area contributed by atoms with Gasteiger partial charge in [-0.05, 0) is 49.4 Å². The standard InChI is InChI=1S/C20H22N4O/c1-16-9-14-21-15-18(16)23-19(25)24-20(10-4-2-5-11-20)12-8-17-7-3-6-13-22-17/h3,6-7,9,13-15H,2,4-5,10-11H2,1H3,(H2,23,24,25). The zero-order valence-electron chi connectivity index (χ0n) is 14.4. The van der Waals surface area contributed by atoms with E-state index in [4.69, 9.17) is 0 Å². The van der Waals surface area contributed by atoms with E-state index in [9.17, 15) is 4.79 Å². The quantitative estimate of drug-likeness (QED) is 0.824. The molecule has 2 N–H and O–H groups in total. The first-order valence-corrected chi connectivity index (χ1v) is 8.61. The maximum absolute atomic E-state index is 12.5. The van der Waals surface area contributed by atoms with Crippen LogP contribution in [0.1, 0.15) is 43.4 Å². The van der Waals surface area contributed by atoms with Crippen LogP contribution in [0.4, 0.5) is 10.5 Å². The van der Waals surface area contributed by atoms with Crippen molar-refractivity contribution in [2.24, 2.45) is 0 Å². The normalized spacial score (nSPS) is 15.6. The first-order chi connectivity index (χ1) is 12.2. The van der Waals surface area contributed by atoms with Gasteiger partial charge < -0.3 is 10.6 Å². The lowest BCUT2D eigenvalue weighted by Crippen LogP contribution is -2.50. The predicted molar refractivity (Wildman–Crippen MR) is 98.1 cm³/mol. The Kier molecular flexibility index (Phi) is 5.30. The average molecular weight is 334 g/mol. The zero-order valence-corrected chi connectivity index (χ0v) is 14.4. The van der Waals surface area contributed by atoms with Crippen molar-refractivity contribution in [2.45, 2.75) is 44.6 Å². The van der Waals surface area contributed by atoms with Gasteiger partial charge in [-0.2, -0.15) is 0 Å². The number of rotatable bonds is 2. The maximum atomic E-state index is 12.5. The minimum atomic E-state index is -0.504. The summed E-state index contributed by atoms with van der Waals surface area (Å²) in [5.41, 5.74) is 1.90. The van der Waals surface area contributed by atoms with Gasteiger partial charge in [0.25, 0.3) is 0 Å². The summed E-state index contributed by atoms with van der Waals surface area (Å²) in [5, 5.41) is 5.98. The van der Waals surface area contributed by atoms with E-state index in [1.165, 1.54) is 6.42 Å². The molecule has 0 unspecified atom stereocenters. The van der Waals surface area contributed by atoms with E-state index in [0.29, 0.717) is 5.69 Å². The Labute approximate surface area is 148 Å². The highest BCUT2D eigenvalue weighted by Crippen LogP contribution is 2.28. The van der Waals surface area contributed by atoms with Crippen LogP contribution in [-0.2, 0) is 0 Å². The molecule has 0 spiro atoms. The van der Waals surface area contributed by atoms with Crippen LogP contribution in [0.25, 0.3) is 0 Å². The molecule has 2 aromatic heterocycles. The number of urea groups is 1. The molecule has 0 aromatic carbocycles. The highest BCUT2D eigenvalue weighted by Gasteiger charge is 2.32. The molecule has 128 valence electrons. The number of aromatic nitrogens is 2. The molecule has 5 nitrogen and oxygen atoms in total. The summed E-state index contributed by atoms with van der Waals surface area (Å²) in [5.74, 6) is 6.40. The van der Waals surface area contributed by atoms with E-state index < -0.39 is 5.54 Å². The molecule has 1 saturated carbocycles. The number of nitrogens with one attached hydrogen (secondary N) is 2. The van der Waals surface area contributed by atoms with Crippen LogP contribution in [0.15, 0.2) is 42.9 Å². The van der Waals surface area contributed by atoms with Gasteiger partial charge in [-0.1, -0.05) is 31.2 Å². The van der Waals surface area contributed by atoms with Crippen molar-refractivity contribution in [1.29, 1.82) is 0 Å². The van der Waals surface area contributed by atoms with Crippen molar-refractivity contribution in [1.82, 2.24) is 15.3 Å². The molecule has 0 aliphatic heterocycles. The van der Waals surface area contributed by atoms with E-state index in [1.54, 1.807) is 18.6 Å². The number of carbonyl (C=O) groups is 1. The average Bonchev–Trinajstić information content (AvgIpc) is 2.64. The van der Waals surface area contributed by atoms with Crippen LogP contribution in [0, 0.1) is 18.8 Å². The Morgan fingerprint density at radius 2 is 2.00 bits per heavy atom. The number of anilines is 1. The van der Waals surface area contributed by atoms with E-state index in [-0.39, 0.29) is 6.03 Å². The molecule has 1 fully saturated rings. The second-order valence-corrected chi connectivity index (χ2v) is 6.38. The fourth-order valence-corrected chi connectivity index (χ4v) is 3.02. The number of aryl methyl sites for hydroxylation is 1. The third-order valence-corrected chi connectivity index (χ3v) is 4.44. The summed E-state index contributed by atoms with van der Waals surface area (Å²) in [4.78, 5) is 20.8. The van der Waals surface area contributed by atoms with Crippen molar-refractivity contribution >= 4 is 11.7 Å². The van der Waals surface area contributed by atoms with Crippen LogP contribution in [0.3, 0.4) is 0 Å². The Bertz CT molecular complexity index is 786. The second-order valence-electron chi connectivity index (χ2n) is 6.38. The summed E-state index contributed by atoms with van der Waals surface area (Å²) in [6, 6.07) is 7.28. The fraction of sp³-hybridized carbons (Fsp3) is 0.350. The minimum absolute atomic E-state index is 0.242. The van der Waals surface area contributed by atoms with Gasteiger partial charge in [0.1, 0.15) is 11.2 Å². The number of carbonyl (C=O) groups excluding carboxylic acids is 1. The summed E-state index contributed by atoms with van der Waals surface area (Å²) < 4.78 is 0. The highest BCUT2D eigenvalue weighted by molar-refractivity contribution is 5.90. The Morgan fingerprint density at radius 1 is 1.16 bits per heavy atom. The molecule has 5 heteroatoms. The monoisotopic (exact) mass is 334 g/mol. The van der Waals surface area contributed by atoms with Crippen LogP contribution < -0.4 is 10.6 Å². The Balaban J connectivity index is 1.76. The third kappa shape index (κ3) is 4.57. The second kappa shape index (κ2) is 7.80. The molecule has 25 heavy (non-hydrogen) atoms. The van der Waals surface area contributed by atoms with Gasteiger partial charge in [0.05, 0.1) is 11.9 Å². The molecule has 0 atom stereocenters. The molecule has 2 aromatic rings. The molecule has 1 aliphatic carbocycles. The smallest absolute Gasteiger partial charge is 0.320 e. The van der Waals surface area contributed by atoms with Crippen LogP contribution in [-0.4, -0.2) is 21.5 Å². The van der Waals surface area contributed by atoms with Crippen molar-refractivity contribution in [2.75, 3.05) is 5.32 Å². The first kappa shape index (κ1) is 17.0. The molecule has 2 amide bonds. The van der Waals surface area contributed by atoms with Gasteiger partial charge in [-0.3, -0.25) is 4.98 Å². The summed E-state index contributed by atoms with van der Waals surface area (Å²) in [6.45, 7) is 1.94. The molecule has 0 radical (unpaired) electrons. The number of pyridine rings is 2. The van der Waals surface area contributed by atoms with Gasteiger partial charge in [0.2, 0.25) is 0 Å². The summed E-state index contributed by atoms with van der Waals surface area (Å²) in [6.07, 6.45) is 10.1. The van der Waals surface area contributed by atoms with Crippen LogP contribution in [0.5, 0.6) is 0 Å². The molecular weight excluding hydrogens is 312 g/mol. The predicted octanol–water partition coefficient (Wildman–Crippen LogP) is 3.66.